The van der Waals surface area contributed by atoms with Crippen molar-refractivity contribution in [2.45, 2.75) is 13.0 Å². The molecule has 0 atom stereocenters. The van der Waals surface area contributed by atoms with Gasteiger partial charge >= 0.3 is 12.1 Å². The lowest BCUT2D eigenvalue weighted by molar-refractivity contribution is 0.0602. The van der Waals surface area contributed by atoms with E-state index in [2.05, 4.69) is 10.6 Å². The standard InChI is InChI=1S/C24H24N2O4/c1-29-23(27)20-12-6-8-14-22(20)26-21-13-7-5-11-19(21)15-16-25-24(28)30-17-18-9-3-2-4-10-18/h2-14,26H,15-17H2,1H3,(H,25,28). The highest BCUT2D eigenvalue weighted by Gasteiger charge is 2.12. The lowest BCUT2D eigenvalue weighted by atomic mass is 10.1. The van der Waals surface area contributed by atoms with Crippen LogP contribution in [0.4, 0.5) is 16.2 Å². The van der Waals surface area contributed by atoms with Gasteiger partial charge in [0, 0.05) is 12.2 Å². The Morgan fingerprint density at radius 1 is 0.833 bits per heavy atom. The maximum absolute atomic E-state index is 12.0. The fraction of sp³-hybridized carbons (Fsp3) is 0.167. The second-order valence-corrected chi connectivity index (χ2v) is 6.56. The zero-order chi connectivity index (χ0) is 21.2. The van der Waals surface area contributed by atoms with Crippen molar-refractivity contribution >= 4 is 23.4 Å². The number of anilines is 2. The largest absolute Gasteiger partial charge is 0.465 e. The highest BCUT2D eigenvalue weighted by Crippen LogP contribution is 2.24. The number of carbonyl (C=O) groups excluding carboxylic acids is 2. The first-order valence-corrected chi connectivity index (χ1v) is 9.64. The number of carbonyl (C=O) groups is 2. The van der Waals surface area contributed by atoms with Crippen molar-refractivity contribution in [3.05, 3.63) is 95.6 Å². The Kier molecular flexibility index (Phi) is 7.44. The van der Waals surface area contributed by atoms with Crippen LogP contribution in [0.5, 0.6) is 0 Å². The van der Waals surface area contributed by atoms with Gasteiger partial charge in [0.05, 0.1) is 18.4 Å². The molecular weight excluding hydrogens is 380 g/mol. The zero-order valence-electron chi connectivity index (χ0n) is 16.8. The molecule has 0 aromatic heterocycles. The van der Waals surface area contributed by atoms with Crippen molar-refractivity contribution in [1.82, 2.24) is 5.32 Å². The van der Waals surface area contributed by atoms with E-state index in [4.69, 9.17) is 9.47 Å². The summed E-state index contributed by atoms with van der Waals surface area (Å²) in [5.41, 5.74) is 3.91. The highest BCUT2D eigenvalue weighted by molar-refractivity contribution is 5.96. The van der Waals surface area contributed by atoms with Crippen LogP contribution in [0.2, 0.25) is 0 Å². The Balaban J connectivity index is 1.57. The van der Waals surface area contributed by atoms with Crippen molar-refractivity contribution in [2.75, 3.05) is 19.0 Å². The minimum Gasteiger partial charge on any atom is -0.465 e. The van der Waals surface area contributed by atoms with E-state index >= 15 is 0 Å². The number of benzene rings is 3. The van der Waals surface area contributed by atoms with Gasteiger partial charge in [0.15, 0.2) is 0 Å². The van der Waals surface area contributed by atoms with E-state index in [0.29, 0.717) is 24.2 Å². The van der Waals surface area contributed by atoms with E-state index < -0.39 is 12.1 Å². The molecule has 0 saturated carbocycles. The molecule has 0 fully saturated rings. The smallest absolute Gasteiger partial charge is 0.407 e. The molecular formula is C24H24N2O4. The van der Waals surface area contributed by atoms with E-state index in [1.54, 1.807) is 12.1 Å². The van der Waals surface area contributed by atoms with Gasteiger partial charge in [-0.05, 0) is 35.7 Å². The zero-order valence-corrected chi connectivity index (χ0v) is 16.8. The van der Waals surface area contributed by atoms with Gasteiger partial charge in [0.25, 0.3) is 0 Å². The summed E-state index contributed by atoms with van der Waals surface area (Å²) in [6, 6.07) is 24.4. The maximum Gasteiger partial charge on any atom is 0.407 e. The third-order valence-electron chi connectivity index (χ3n) is 4.50. The molecule has 0 unspecified atom stereocenters. The molecule has 0 aliphatic rings. The van der Waals surface area contributed by atoms with Crippen LogP contribution in [0.25, 0.3) is 0 Å². The molecule has 3 aromatic carbocycles. The third kappa shape index (κ3) is 5.85. The van der Waals surface area contributed by atoms with Crippen LogP contribution in [0, 0.1) is 0 Å². The number of hydrogen-bond acceptors (Lipinski definition) is 5. The van der Waals surface area contributed by atoms with Gasteiger partial charge in [0.2, 0.25) is 0 Å². The van der Waals surface area contributed by atoms with Gasteiger partial charge in [-0.25, -0.2) is 9.59 Å². The average Bonchev–Trinajstić information content (AvgIpc) is 2.79. The molecule has 30 heavy (non-hydrogen) atoms. The van der Waals surface area contributed by atoms with Crippen LogP contribution >= 0.6 is 0 Å². The first-order valence-electron chi connectivity index (χ1n) is 9.64. The number of rotatable bonds is 8. The van der Waals surface area contributed by atoms with Gasteiger partial charge in [0.1, 0.15) is 6.61 Å². The molecule has 0 aliphatic heterocycles. The van der Waals surface area contributed by atoms with Crippen molar-refractivity contribution in [2.24, 2.45) is 0 Å². The Morgan fingerprint density at radius 2 is 1.50 bits per heavy atom. The molecule has 6 nitrogen and oxygen atoms in total. The molecule has 154 valence electrons. The fourth-order valence-corrected chi connectivity index (χ4v) is 2.96. The minimum absolute atomic E-state index is 0.231. The van der Waals surface area contributed by atoms with Gasteiger partial charge in [-0.15, -0.1) is 0 Å². The molecule has 6 heteroatoms. The number of hydrogen-bond donors (Lipinski definition) is 2. The molecule has 0 radical (unpaired) electrons. The van der Waals surface area contributed by atoms with Crippen molar-refractivity contribution in [1.29, 1.82) is 0 Å². The number of esters is 1. The van der Waals surface area contributed by atoms with Gasteiger partial charge in [-0.2, -0.15) is 0 Å². The lowest BCUT2D eigenvalue weighted by Crippen LogP contribution is -2.26. The summed E-state index contributed by atoms with van der Waals surface area (Å²) in [5.74, 6) is -0.404. The number of amides is 1. The molecule has 3 aromatic rings. The molecule has 3 rings (SSSR count). The van der Waals surface area contributed by atoms with Crippen LogP contribution in [0.3, 0.4) is 0 Å². The summed E-state index contributed by atoms with van der Waals surface area (Å²) in [7, 11) is 1.36. The molecule has 0 aliphatic carbocycles. The van der Waals surface area contributed by atoms with Crippen LogP contribution in [-0.4, -0.2) is 25.7 Å². The molecule has 0 heterocycles. The quantitative estimate of drug-likeness (QED) is 0.533. The highest BCUT2D eigenvalue weighted by atomic mass is 16.5. The van der Waals surface area contributed by atoms with Crippen LogP contribution in [0.1, 0.15) is 21.5 Å². The minimum atomic E-state index is -0.458. The Bertz CT molecular complexity index is 989. The number of para-hydroxylation sites is 2. The van der Waals surface area contributed by atoms with E-state index in [1.807, 2.05) is 66.7 Å². The lowest BCUT2D eigenvalue weighted by Gasteiger charge is -2.15. The summed E-state index contributed by atoms with van der Waals surface area (Å²) in [6.07, 6.45) is 0.143. The monoisotopic (exact) mass is 404 g/mol. The molecule has 2 N–H and O–H groups in total. The first kappa shape index (κ1) is 20.9. The van der Waals surface area contributed by atoms with E-state index in [9.17, 15) is 9.59 Å². The van der Waals surface area contributed by atoms with Crippen molar-refractivity contribution < 1.29 is 19.1 Å². The SMILES string of the molecule is COC(=O)c1ccccc1Nc1ccccc1CCNC(=O)OCc1ccccc1. The van der Waals surface area contributed by atoms with Crippen LogP contribution in [-0.2, 0) is 22.5 Å². The van der Waals surface area contributed by atoms with Crippen molar-refractivity contribution in [3.8, 4) is 0 Å². The van der Waals surface area contributed by atoms with Gasteiger partial charge < -0.3 is 20.1 Å². The summed E-state index contributed by atoms with van der Waals surface area (Å²) in [5, 5.41) is 6.06. The Hall–Kier alpha value is -3.80. The predicted molar refractivity (Wildman–Crippen MR) is 116 cm³/mol. The molecule has 0 bridgehead atoms. The van der Waals surface area contributed by atoms with E-state index in [1.165, 1.54) is 7.11 Å². The summed E-state index contributed by atoms with van der Waals surface area (Å²) >= 11 is 0. The molecule has 1 amide bonds. The van der Waals surface area contributed by atoms with E-state index in [-0.39, 0.29) is 6.61 Å². The maximum atomic E-state index is 12.0. The Labute approximate surface area is 175 Å². The second kappa shape index (κ2) is 10.7. The number of methoxy groups -OCH3 is 1. The number of alkyl carbamates (subject to hydrolysis) is 1. The van der Waals surface area contributed by atoms with Crippen LogP contribution in [0.15, 0.2) is 78.9 Å². The number of nitrogens with one attached hydrogen (secondary N) is 2. The third-order valence-corrected chi connectivity index (χ3v) is 4.50. The van der Waals surface area contributed by atoms with Crippen LogP contribution < -0.4 is 10.6 Å². The normalized spacial score (nSPS) is 10.2. The summed E-state index contributed by atoms with van der Waals surface area (Å²) < 4.78 is 10.1. The molecule has 0 saturated heterocycles. The first-order chi connectivity index (χ1) is 14.7. The summed E-state index contributed by atoms with van der Waals surface area (Å²) in [6.45, 7) is 0.653. The fourth-order valence-electron chi connectivity index (χ4n) is 2.96. The number of ether oxygens (including phenoxy) is 2. The van der Waals surface area contributed by atoms with E-state index in [0.717, 1.165) is 16.8 Å². The topological polar surface area (TPSA) is 76.7 Å². The Morgan fingerprint density at radius 3 is 2.27 bits per heavy atom. The second-order valence-electron chi connectivity index (χ2n) is 6.56. The average molecular weight is 404 g/mol. The van der Waals surface area contributed by atoms with Gasteiger partial charge in [-0.3, -0.25) is 0 Å². The van der Waals surface area contributed by atoms with Gasteiger partial charge in [-0.1, -0.05) is 60.7 Å². The van der Waals surface area contributed by atoms with Crippen molar-refractivity contribution in [3.63, 3.8) is 0 Å². The predicted octanol–water partition coefficient (Wildman–Crippen LogP) is 4.69. The molecule has 0 spiro atoms. The summed E-state index contributed by atoms with van der Waals surface area (Å²) in [4.78, 5) is 23.9.